The van der Waals surface area contributed by atoms with Gasteiger partial charge in [0.2, 0.25) is 0 Å². The number of nitrogens with zero attached hydrogens (tertiary/aromatic N) is 2. The van der Waals surface area contributed by atoms with E-state index in [0.717, 1.165) is 0 Å². The van der Waals surface area contributed by atoms with Crippen molar-refractivity contribution in [2.24, 2.45) is 0 Å². The summed E-state index contributed by atoms with van der Waals surface area (Å²) in [7, 11) is 1.36. The van der Waals surface area contributed by atoms with Crippen LogP contribution in [0, 0.1) is 13.8 Å². The van der Waals surface area contributed by atoms with Gasteiger partial charge in [0.1, 0.15) is 17.5 Å². The average molecular weight is 362 g/mol. The average Bonchev–Trinajstić information content (AvgIpc) is 2.67. The first-order valence-electron chi connectivity index (χ1n) is 8.65. The zero-order chi connectivity index (χ0) is 19.2. The van der Waals surface area contributed by atoms with Gasteiger partial charge in [-0.15, -0.1) is 0 Å². The number of benzene rings is 2. The normalized spacial score (nSPS) is 10.3. The molecule has 3 rings (SSSR count). The number of aryl methyl sites for hydroxylation is 2. The number of hydrogen-bond donors (Lipinski definition) is 2. The van der Waals surface area contributed by atoms with E-state index in [-0.39, 0.29) is 0 Å². The predicted octanol–water partition coefficient (Wildman–Crippen LogP) is 4.24. The number of methoxy groups -OCH3 is 1. The third-order valence-electron chi connectivity index (χ3n) is 4.15. The van der Waals surface area contributed by atoms with E-state index < -0.39 is 5.97 Å². The zero-order valence-corrected chi connectivity index (χ0v) is 15.6. The van der Waals surface area contributed by atoms with Crippen LogP contribution in [0.15, 0.2) is 54.6 Å². The van der Waals surface area contributed by atoms with Crippen molar-refractivity contribution >= 4 is 23.3 Å². The molecule has 0 radical (unpaired) electrons. The Hall–Kier alpha value is -3.41. The molecule has 0 aliphatic heterocycles. The summed E-state index contributed by atoms with van der Waals surface area (Å²) >= 11 is 0. The fourth-order valence-corrected chi connectivity index (χ4v) is 2.73. The minimum absolute atomic E-state index is 0.401. The summed E-state index contributed by atoms with van der Waals surface area (Å²) < 4.78 is 4.84. The minimum atomic E-state index is -0.401. The number of carbonyl (C=O) groups is 1. The van der Waals surface area contributed by atoms with Crippen molar-refractivity contribution in [1.29, 1.82) is 0 Å². The second-order valence-electron chi connectivity index (χ2n) is 6.13. The lowest BCUT2D eigenvalue weighted by Gasteiger charge is -2.13. The molecular formula is C21H22N4O2. The summed E-state index contributed by atoms with van der Waals surface area (Å²) in [6.07, 6.45) is 0. The highest BCUT2D eigenvalue weighted by molar-refractivity contribution is 5.96. The van der Waals surface area contributed by atoms with Gasteiger partial charge in [-0.05, 0) is 37.1 Å². The zero-order valence-electron chi connectivity index (χ0n) is 15.6. The van der Waals surface area contributed by atoms with Crippen molar-refractivity contribution in [2.45, 2.75) is 20.4 Å². The Labute approximate surface area is 158 Å². The molecule has 3 aromatic rings. The first-order chi connectivity index (χ1) is 13.1. The quantitative estimate of drug-likeness (QED) is 0.639. The molecule has 1 aromatic heterocycles. The van der Waals surface area contributed by atoms with Crippen LogP contribution in [0.5, 0.6) is 0 Å². The molecule has 0 aliphatic carbocycles. The molecular weight excluding hydrogens is 340 g/mol. The summed E-state index contributed by atoms with van der Waals surface area (Å²) in [5, 5.41) is 6.52. The molecule has 138 valence electrons. The van der Waals surface area contributed by atoms with Crippen LogP contribution in [0.25, 0.3) is 0 Å². The fourth-order valence-electron chi connectivity index (χ4n) is 2.73. The van der Waals surface area contributed by atoms with Crippen LogP contribution in [0.3, 0.4) is 0 Å². The van der Waals surface area contributed by atoms with E-state index in [9.17, 15) is 4.79 Å². The van der Waals surface area contributed by atoms with Crippen LogP contribution in [-0.4, -0.2) is 23.0 Å². The maximum Gasteiger partial charge on any atom is 0.339 e. The summed E-state index contributed by atoms with van der Waals surface area (Å²) in [6.45, 7) is 4.58. The first kappa shape index (κ1) is 18.4. The molecule has 0 atom stereocenters. The molecule has 0 saturated carbocycles. The third-order valence-corrected chi connectivity index (χ3v) is 4.15. The molecule has 1 heterocycles. The fraction of sp³-hybridized carbons (Fsp3) is 0.190. The number of rotatable bonds is 6. The van der Waals surface area contributed by atoms with Crippen molar-refractivity contribution in [3.05, 3.63) is 77.1 Å². The van der Waals surface area contributed by atoms with Crippen LogP contribution >= 0.6 is 0 Å². The number of hydrogen-bond acceptors (Lipinski definition) is 6. The molecule has 0 amide bonds. The van der Waals surface area contributed by atoms with Gasteiger partial charge >= 0.3 is 5.97 Å². The Morgan fingerprint density at radius 2 is 1.70 bits per heavy atom. The molecule has 0 spiro atoms. The SMILES string of the molecule is COC(=O)c1ccccc1Nc1cc(NCc2ccccc2C)nc(C)n1. The number of carbonyl (C=O) groups excluding carboxylic acids is 1. The van der Waals surface area contributed by atoms with Gasteiger partial charge in [0, 0.05) is 12.6 Å². The standard InChI is InChI=1S/C21H22N4O2/c1-14-8-4-5-9-16(14)13-22-19-12-20(24-15(2)23-19)25-18-11-7-6-10-17(18)21(26)27-3/h4-12H,13H2,1-3H3,(H2,22,23,24,25). The predicted molar refractivity (Wildman–Crippen MR) is 106 cm³/mol. The summed E-state index contributed by atoms with van der Waals surface area (Å²) in [4.78, 5) is 20.8. The first-order valence-corrected chi connectivity index (χ1v) is 8.65. The van der Waals surface area contributed by atoms with Crippen molar-refractivity contribution in [3.8, 4) is 0 Å². The number of para-hydroxylation sites is 1. The van der Waals surface area contributed by atoms with Crippen molar-refractivity contribution in [2.75, 3.05) is 17.7 Å². The lowest BCUT2D eigenvalue weighted by Crippen LogP contribution is -2.08. The third kappa shape index (κ3) is 4.61. The molecule has 0 aliphatic rings. The number of aromatic nitrogens is 2. The Kier molecular flexibility index (Phi) is 5.66. The van der Waals surface area contributed by atoms with Gasteiger partial charge < -0.3 is 15.4 Å². The smallest absolute Gasteiger partial charge is 0.339 e. The van der Waals surface area contributed by atoms with Gasteiger partial charge in [-0.3, -0.25) is 0 Å². The van der Waals surface area contributed by atoms with Crippen molar-refractivity contribution in [1.82, 2.24) is 9.97 Å². The maximum atomic E-state index is 11.9. The van der Waals surface area contributed by atoms with Gasteiger partial charge in [0.15, 0.2) is 0 Å². The van der Waals surface area contributed by atoms with Gasteiger partial charge in [-0.2, -0.15) is 0 Å². The van der Waals surface area contributed by atoms with E-state index in [0.29, 0.717) is 35.3 Å². The van der Waals surface area contributed by atoms with E-state index in [1.54, 1.807) is 12.1 Å². The molecule has 6 nitrogen and oxygen atoms in total. The maximum absolute atomic E-state index is 11.9. The topological polar surface area (TPSA) is 76.1 Å². The summed E-state index contributed by atoms with van der Waals surface area (Å²) in [5.74, 6) is 1.54. The second-order valence-corrected chi connectivity index (χ2v) is 6.13. The van der Waals surface area contributed by atoms with E-state index in [1.807, 2.05) is 37.3 Å². The number of ether oxygens (including phenoxy) is 1. The van der Waals surface area contributed by atoms with Crippen LogP contribution in [0.1, 0.15) is 27.3 Å². The van der Waals surface area contributed by atoms with Crippen molar-refractivity contribution in [3.63, 3.8) is 0 Å². The molecule has 27 heavy (non-hydrogen) atoms. The van der Waals surface area contributed by atoms with Gasteiger partial charge in [-0.25, -0.2) is 14.8 Å². The van der Waals surface area contributed by atoms with Crippen LogP contribution in [-0.2, 0) is 11.3 Å². The van der Waals surface area contributed by atoms with Crippen LogP contribution < -0.4 is 10.6 Å². The Morgan fingerprint density at radius 3 is 2.48 bits per heavy atom. The van der Waals surface area contributed by atoms with E-state index in [1.165, 1.54) is 18.2 Å². The number of esters is 1. The van der Waals surface area contributed by atoms with Crippen molar-refractivity contribution < 1.29 is 9.53 Å². The lowest BCUT2D eigenvalue weighted by molar-refractivity contribution is 0.0602. The Bertz CT molecular complexity index is 956. The van der Waals surface area contributed by atoms with E-state index in [4.69, 9.17) is 4.74 Å². The van der Waals surface area contributed by atoms with Gasteiger partial charge in [-0.1, -0.05) is 36.4 Å². The van der Waals surface area contributed by atoms with Crippen LogP contribution in [0.2, 0.25) is 0 Å². The van der Waals surface area contributed by atoms with E-state index in [2.05, 4.69) is 39.7 Å². The Morgan fingerprint density at radius 1 is 1.00 bits per heavy atom. The lowest BCUT2D eigenvalue weighted by atomic mass is 10.1. The molecule has 0 fully saturated rings. The highest BCUT2D eigenvalue weighted by Crippen LogP contribution is 2.22. The number of nitrogens with one attached hydrogen (secondary N) is 2. The largest absolute Gasteiger partial charge is 0.465 e. The van der Waals surface area contributed by atoms with Gasteiger partial charge in [0.25, 0.3) is 0 Å². The van der Waals surface area contributed by atoms with Gasteiger partial charge in [0.05, 0.1) is 18.4 Å². The second kappa shape index (κ2) is 8.31. The molecule has 0 bridgehead atoms. The molecule has 6 heteroatoms. The summed E-state index contributed by atoms with van der Waals surface area (Å²) in [5.41, 5.74) is 3.51. The Balaban J connectivity index is 1.80. The minimum Gasteiger partial charge on any atom is -0.465 e. The highest BCUT2D eigenvalue weighted by atomic mass is 16.5. The molecule has 0 saturated heterocycles. The summed E-state index contributed by atoms with van der Waals surface area (Å²) in [6, 6.07) is 17.2. The molecule has 0 unspecified atom stereocenters. The molecule has 2 aromatic carbocycles. The monoisotopic (exact) mass is 362 g/mol. The molecule has 2 N–H and O–H groups in total. The van der Waals surface area contributed by atoms with E-state index >= 15 is 0 Å². The number of anilines is 3. The highest BCUT2D eigenvalue weighted by Gasteiger charge is 2.12. The van der Waals surface area contributed by atoms with Crippen LogP contribution in [0.4, 0.5) is 17.3 Å².